The zero-order valence-corrected chi connectivity index (χ0v) is 18.2. The van der Waals surface area contributed by atoms with Crippen LogP contribution in [-0.4, -0.2) is 54.0 Å². The molecule has 1 aromatic heterocycles. The maximum absolute atomic E-state index is 13.0. The molecule has 172 valence electrons. The smallest absolute Gasteiger partial charge is 0.406 e. The molecule has 1 aromatic carbocycles. The van der Waals surface area contributed by atoms with Crippen molar-refractivity contribution in [2.75, 3.05) is 19.6 Å². The summed E-state index contributed by atoms with van der Waals surface area (Å²) in [6, 6.07) is 5.42. The minimum atomic E-state index is -4.78. The number of thiazole rings is 1. The number of nitrogens with two attached hydrogens (primary N) is 1. The number of allylic oxidation sites excluding steroid dienone is 1. The van der Waals surface area contributed by atoms with Gasteiger partial charge >= 0.3 is 6.36 Å². The van der Waals surface area contributed by atoms with E-state index in [0.717, 1.165) is 32.0 Å². The molecule has 11 heteroatoms. The molecule has 1 amide bonds. The fourth-order valence-electron chi connectivity index (χ4n) is 3.32. The molecular weight excluding hydrogens is 443 g/mol. The molecule has 0 aliphatic carbocycles. The van der Waals surface area contributed by atoms with Crippen molar-refractivity contribution in [2.24, 2.45) is 10.7 Å². The van der Waals surface area contributed by atoms with E-state index < -0.39 is 6.36 Å². The number of ether oxygens (including phenoxy) is 1. The lowest BCUT2D eigenvalue weighted by molar-refractivity contribution is -0.274. The highest BCUT2D eigenvalue weighted by Gasteiger charge is 2.31. The van der Waals surface area contributed by atoms with Crippen LogP contribution >= 0.6 is 11.3 Å². The Morgan fingerprint density at radius 3 is 2.94 bits per heavy atom. The Balaban J connectivity index is 1.74. The molecule has 7 nitrogen and oxygen atoms in total. The lowest BCUT2D eigenvalue weighted by atomic mass is 10.2. The summed E-state index contributed by atoms with van der Waals surface area (Å²) >= 11 is 1.25. The van der Waals surface area contributed by atoms with Gasteiger partial charge in [0.15, 0.2) is 0 Å². The molecule has 0 unspecified atom stereocenters. The first kappa shape index (κ1) is 23.7. The Kier molecular flexibility index (Phi) is 7.86. The van der Waals surface area contributed by atoms with Crippen molar-refractivity contribution >= 4 is 34.7 Å². The molecule has 1 saturated heterocycles. The summed E-state index contributed by atoms with van der Waals surface area (Å²) in [7, 11) is 0. The molecule has 32 heavy (non-hydrogen) atoms. The second-order valence-corrected chi connectivity index (χ2v) is 7.97. The number of hydrogen-bond acceptors (Lipinski definition) is 7. The molecule has 1 aliphatic rings. The van der Waals surface area contributed by atoms with Gasteiger partial charge in [-0.15, -0.1) is 24.5 Å². The molecule has 2 aromatic rings. The second-order valence-electron chi connectivity index (χ2n) is 7.11. The van der Waals surface area contributed by atoms with Gasteiger partial charge in [0.25, 0.3) is 5.91 Å². The molecule has 0 spiro atoms. The summed E-state index contributed by atoms with van der Waals surface area (Å²) in [5.41, 5.74) is 6.74. The van der Waals surface area contributed by atoms with Crippen LogP contribution in [-0.2, 0) is 0 Å². The summed E-state index contributed by atoms with van der Waals surface area (Å²) in [5.74, 6) is -0.502. The van der Waals surface area contributed by atoms with Gasteiger partial charge in [0.1, 0.15) is 16.5 Å². The van der Waals surface area contributed by atoms with Gasteiger partial charge in [-0.25, -0.2) is 4.98 Å². The highest BCUT2D eigenvalue weighted by Crippen LogP contribution is 2.27. The van der Waals surface area contributed by atoms with Crippen LogP contribution in [0.5, 0.6) is 5.75 Å². The number of alkyl halides is 3. The normalized spacial score (nSPS) is 17.1. The Labute approximate surface area is 187 Å². The van der Waals surface area contributed by atoms with Gasteiger partial charge in [-0.05, 0) is 31.5 Å². The van der Waals surface area contributed by atoms with Crippen LogP contribution in [0.3, 0.4) is 0 Å². The number of benzene rings is 1. The minimum Gasteiger partial charge on any atom is -0.406 e. The fraction of sp³-hybridized carbons (Fsp3) is 0.381. The molecule has 0 saturated carbocycles. The summed E-state index contributed by atoms with van der Waals surface area (Å²) < 4.78 is 41.1. The fourth-order valence-corrected chi connectivity index (χ4v) is 4.11. The van der Waals surface area contributed by atoms with Crippen molar-refractivity contribution in [1.82, 2.24) is 15.2 Å². The Bertz CT molecular complexity index is 984. The Morgan fingerprint density at radius 2 is 2.28 bits per heavy atom. The molecule has 1 aliphatic heterocycles. The monoisotopic (exact) mass is 467 g/mol. The Morgan fingerprint density at radius 1 is 1.47 bits per heavy atom. The third-order valence-electron chi connectivity index (χ3n) is 4.75. The van der Waals surface area contributed by atoms with Crippen molar-refractivity contribution < 1.29 is 22.7 Å². The van der Waals surface area contributed by atoms with Crippen LogP contribution < -0.4 is 15.8 Å². The first-order valence-electron chi connectivity index (χ1n) is 10.1. The molecule has 3 rings (SSSR count). The van der Waals surface area contributed by atoms with Crippen LogP contribution in [0.25, 0.3) is 5.57 Å². The number of halogens is 3. The lowest BCUT2D eigenvalue weighted by Crippen LogP contribution is -2.42. The van der Waals surface area contributed by atoms with Crippen molar-refractivity contribution in [3.8, 4) is 5.75 Å². The van der Waals surface area contributed by atoms with Crippen LogP contribution in [0.2, 0.25) is 0 Å². The molecule has 0 bridgehead atoms. The van der Waals surface area contributed by atoms with E-state index in [0.29, 0.717) is 22.8 Å². The van der Waals surface area contributed by atoms with E-state index >= 15 is 0 Å². The van der Waals surface area contributed by atoms with Gasteiger partial charge in [0, 0.05) is 48.6 Å². The maximum Gasteiger partial charge on any atom is 0.573 e. The molecule has 1 atom stereocenters. The van der Waals surface area contributed by atoms with E-state index in [2.05, 4.69) is 20.0 Å². The van der Waals surface area contributed by atoms with Crippen molar-refractivity contribution in [3.63, 3.8) is 0 Å². The number of aliphatic imine (C=N–C) groups is 1. The number of hydrogen-bond donors (Lipinski definition) is 2. The molecule has 3 N–H and O–H groups in total. The molecule has 2 heterocycles. The average Bonchev–Trinajstić information content (AvgIpc) is 3.44. The van der Waals surface area contributed by atoms with Crippen LogP contribution in [0.4, 0.5) is 18.9 Å². The Hall–Kier alpha value is -2.92. The first-order chi connectivity index (χ1) is 15.3. The predicted octanol–water partition coefficient (Wildman–Crippen LogP) is 3.96. The number of carbonyl (C=O) groups excluding carboxylic acids is 1. The van der Waals surface area contributed by atoms with Crippen molar-refractivity contribution in [2.45, 2.75) is 32.2 Å². The summed E-state index contributed by atoms with van der Waals surface area (Å²) in [4.78, 5) is 23.5. The zero-order valence-electron chi connectivity index (χ0n) is 17.4. The van der Waals surface area contributed by atoms with Gasteiger partial charge < -0.3 is 20.7 Å². The van der Waals surface area contributed by atoms with Gasteiger partial charge in [-0.3, -0.25) is 9.79 Å². The summed E-state index contributed by atoms with van der Waals surface area (Å²) in [5, 5.41) is 5.44. The van der Waals surface area contributed by atoms with Crippen LogP contribution in [0.1, 0.15) is 35.3 Å². The molecule has 0 radical (unpaired) electrons. The molecule has 1 fully saturated rings. The largest absolute Gasteiger partial charge is 0.573 e. The van der Waals surface area contributed by atoms with Crippen LogP contribution in [0, 0.1) is 0 Å². The third-order valence-corrected chi connectivity index (χ3v) is 5.65. The van der Waals surface area contributed by atoms with E-state index in [1.54, 1.807) is 5.38 Å². The number of aromatic nitrogens is 1. The predicted molar refractivity (Wildman–Crippen MR) is 118 cm³/mol. The first-order valence-corrected chi connectivity index (χ1v) is 11.0. The summed E-state index contributed by atoms with van der Waals surface area (Å²) in [6.45, 7) is 4.32. The van der Waals surface area contributed by atoms with Gasteiger partial charge in [0.2, 0.25) is 0 Å². The number of nitrogens with one attached hydrogen (secondary N) is 1. The number of nitrogens with zero attached hydrogens (tertiary/aromatic N) is 3. The lowest BCUT2D eigenvalue weighted by Gasteiger charge is -2.27. The van der Waals surface area contributed by atoms with Crippen molar-refractivity contribution in [1.29, 1.82) is 0 Å². The highest BCUT2D eigenvalue weighted by atomic mass is 32.1. The van der Waals surface area contributed by atoms with E-state index in [1.165, 1.54) is 42.0 Å². The maximum atomic E-state index is 13.0. The van der Waals surface area contributed by atoms with Crippen LogP contribution in [0.15, 0.2) is 40.8 Å². The SMILES string of the molecule is CCCN(C(=O)c1csc(/C(C=Nc2cccc(OC(F)(F)F)c2)=C/N)n1)[C@@H]1CCNC1. The number of carbonyl (C=O) groups is 1. The second kappa shape index (κ2) is 10.6. The van der Waals surface area contributed by atoms with Crippen molar-refractivity contribution in [3.05, 3.63) is 46.5 Å². The standard InChI is InChI=1S/C21H24F3N5O2S/c1-2-8-29(16-6-7-26-12-16)20(30)18-13-32-19(28-18)14(10-25)11-27-15-4-3-5-17(9-15)31-21(22,23)24/h3-5,9-11,13,16,26H,2,6-8,12,25H2,1H3/b14-10+,27-11?/t16-/m1/s1. The average molecular weight is 468 g/mol. The summed E-state index contributed by atoms with van der Waals surface area (Å²) in [6.07, 6.45) is -0.353. The minimum absolute atomic E-state index is 0.131. The van der Waals surface area contributed by atoms with Gasteiger partial charge in [0.05, 0.1) is 5.69 Å². The highest BCUT2D eigenvalue weighted by molar-refractivity contribution is 7.11. The topological polar surface area (TPSA) is 92.8 Å². The molecular formula is C21H24F3N5O2S. The van der Waals surface area contributed by atoms with E-state index in [1.807, 2.05) is 11.8 Å². The van der Waals surface area contributed by atoms with E-state index in [4.69, 9.17) is 5.73 Å². The van der Waals surface area contributed by atoms with E-state index in [9.17, 15) is 18.0 Å². The quantitative estimate of drug-likeness (QED) is 0.574. The van der Waals surface area contributed by atoms with Gasteiger partial charge in [-0.2, -0.15) is 0 Å². The number of rotatable bonds is 8. The third kappa shape index (κ3) is 6.30. The van der Waals surface area contributed by atoms with E-state index in [-0.39, 0.29) is 23.4 Å². The number of amides is 1. The zero-order chi connectivity index (χ0) is 23.1. The van der Waals surface area contributed by atoms with Gasteiger partial charge in [-0.1, -0.05) is 13.0 Å².